The number of hydrogen-bond donors (Lipinski definition) is 1. The Morgan fingerprint density at radius 3 is 2.00 bits per heavy atom. The summed E-state index contributed by atoms with van der Waals surface area (Å²) in [4.78, 5) is 11.0. The largest absolute Gasteiger partial charge is 0.493 e. The minimum atomic E-state index is -0.932. The molecule has 1 rings (SSSR count). The maximum atomic E-state index is 11.0. The van der Waals surface area contributed by atoms with Gasteiger partial charge in [-0.2, -0.15) is 0 Å². The molecule has 0 radical (unpaired) electrons. The van der Waals surface area contributed by atoms with E-state index >= 15 is 0 Å². The Kier molecular flexibility index (Phi) is 14.2. The van der Waals surface area contributed by atoms with Gasteiger partial charge in [-0.25, -0.2) is 4.79 Å². The number of rotatable bonds is 13. The molecular weight excluding hydrogens is 372 g/mol. The molecule has 0 atom stereocenters. The third kappa shape index (κ3) is 10.5. The Bertz CT molecular complexity index is 421. The number of carbonyl (C=O) groups is 1. The number of aromatic carboxylic acids is 1. The SMILES string of the molecule is CCCCCCCCCCCCOc1ccccc1C(=O)O.[Mo]. The van der Waals surface area contributed by atoms with Crippen molar-refractivity contribution >= 4 is 5.97 Å². The second-order valence-corrected chi connectivity index (χ2v) is 5.83. The predicted molar refractivity (Wildman–Crippen MR) is 90.7 cm³/mol. The van der Waals surface area contributed by atoms with Crippen LogP contribution >= 0.6 is 0 Å². The zero-order valence-corrected chi connectivity index (χ0v) is 16.3. The second-order valence-electron chi connectivity index (χ2n) is 5.83. The number of benzene rings is 1. The summed E-state index contributed by atoms with van der Waals surface area (Å²) in [7, 11) is 0. The summed E-state index contributed by atoms with van der Waals surface area (Å²) < 4.78 is 5.59. The molecule has 0 aliphatic heterocycles. The maximum absolute atomic E-state index is 11.0. The Hall–Kier alpha value is -0.822. The van der Waals surface area contributed by atoms with Gasteiger partial charge in [0.25, 0.3) is 0 Å². The Balaban J connectivity index is 0.00000484. The Labute approximate surface area is 155 Å². The van der Waals surface area contributed by atoms with E-state index < -0.39 is 5.97 Å². The van der Waals surface area contributed by atoms with Crippen molar-refractivity contribution < 1.29 is 35.7 Å². The van der Waals surface area contributed by atoms with E-state index in [-0.39, 0.29) is 26.6 Å². The van der Waals surface area contributed by atoms with Crippen molar-refractivity contribution in [2.45, 2.75) is 71.1 Å². The van der Waals surface area contributed by atoms with Gasteiger partial charge in [-0.3, -0.25) is 0 Å². The van der Waals surface area contributed by atoms with Gasteiger partial charge in [-0.05, 0) is 18.6 Å². The minimum absolute atomic E-state index is 0. The Morgan fingerprint density at radius 2 is 1.43 bits per heavy atom. The van der Waals surface area contributed by atoms with E-state index in [0.717, 1.165) is 12.8 Å². The van der Waals surface area contributed by atoms with Crippen LogP contribution in [0.25, 0.3) is 0 Å². The molecule has 0 bridgehead atoms. The molecule has 23 heavy (non-hydrogen) atoms. The van der Waals surface area contributed by atoms with Crippen molar-refractivity contribution in [3.05, 3.63) is 29.8 Å². The first kappa shape index (κ1) is 22.2. The molecule has 0 fully saturated rings. The molecule has 1 N–H and O–H groups in total. The standard InChI is InChI=1S/C19H30O3.Mo/c1-2-3-4-5-6-7-8-9-10-13-16-22-18-15-12-11-14-17(18)19(20)21;/h11-12,14-15H,2-10,13,16H2,1H3,(H,20,21);. The van der Waals surface area contributed by atoms with Crippen LogP contribution in [0.4, 0.5) is 0 Å². The van der Waals surface area contributed by atoms with Gasteiger partial charge in [-0.15, -0.1) is 0 Å². The molecule has 0 amide bonds. The number of carboxylic acid groups (broad SMARTS) is 1. The summed E-state index contributed by atoms with van der Waals surface area (Å²) in [6, 6.07) is 6.83. The van der Waals surface area contributed by atoms with Crippen LogP contribution in [0.2, 0.25) is 0 Å². The smallest absolute Gasteiger partial charge is 0.339 e. The fourth-order valence-electron chi connectivity index (χ4n) is 2.54. The van der Waals surface area contributed by atoms with Crippen LogP contribution in [0.15, 0.2) is 24.3 Å². The van der Waals surface area contributed by atoms with E-state index in [2.05, 4.69) is 6.92 Å². The third-order valence-corrected chi connectivity index (χ3v) is 3.87. The van der Waals surface area contributed by atoms with Crippen LogP contribution < -0.4 is 4.74 Å². The monoisotopic (exact) mass is 404 g/mol. The molecule has 1 aromatic rings. The topological polar surface area (TPSA) is 46.5 Å². The summed E-state index contributed by atoms with van der Waals surface area (Å²) in [6.07, 6.45) is 12.8. The van der Waals surface area contributed by atoms with Crippen LogP contribution in [0.5, 0.6) is 5.75 Å². The number of carboxylic acids is 1. The van der Waals surface area contributed by atoms with Crippen molar-refractivity contribution in [3.63, 3.8) is 0 Å². The summed E-state index contributed by atoms with van der Waals surface area (Å²) in [5, 5.41) is 9.06. The fraction of sp³-hybridized carbons (Fsp3) is 0.632. The van der Waals surface area contributed by atoms with E-state index in [1.54, 1.807) is 24.3 Å². The number of unbranched alkanes of at least 4 members (excludes halogenated alkanes) is 9. The van der Waals surface area contributed by atoms with Crippen LogP contribution in [0.3, 0.4) is 0 Å². The van der Waals surface area contributed by atoms with Crippen molar-refractivity contribution in [1.82, 2.24) is 0 Å². The molecule has 0 spiro atoms. The van der Waals surface area contributed by atoms with Gasteiger partial charge in [0.05, 0.1) is 6.61 Å². The molecular formula is C19H30MoO3. The number of para-hydroxylation sites is 1. The maximum Gasteiger partial charge on any atom is 0.339 e. The second kappa shape index (κ2) is 14.8. The molecule has 0 unspecified atom stereocenters. The van der Waals surface area contributed by atoms with E-state index in [9.17, 15) is 4.79 Å². The van der Waals surface area contributed by atoms with E-state index in [0.29, 0.717) is 12.4 Å². The molecule has 1 aromatic carbocycles. The van der Waals surface area contributed by atoms with Crippen LogP contribution in [0, 0.1) is 0 Å². The molecule has 0 aliphatic carbocycles. The quantitative estimate of drug-likeness (QED) is 0.341. The normalized spacial score (nSPS) is 10.1. The molecule has 4 heteroatoms. The van der Waals surface area contributed by atoms with Gasteiger partial charge >= 0.3 is 5.97 Å². The Morgan fingerprint density at radius 1 is 0.913 bits per heavy atom. The average Bonchev–Trinajstić information content (AvgIpc) is 2.53. The van der Waals surface area contributed by atoms with Gasteiger partial charge in [0.1, 0.15) is 11.3 Å². The van der Waals surface area contributed by atoms with Crippen LogP contribution in [-0.4, -0.2) is 17.7 Å². The third-order valence-electron chi connectivity index (χ3n) is 3.87. The summed E-state index contributed by atoms with van der Waals surface area (Å²) in [5.74, 6) is -0.454. The van der Waals surface area contributed by atoms with E-state index in [1.165, 1.54) is 51.4 Å². The number of hydrogen-bond acceptors (Lipinski definition) is 2. The van der Waals surface area contributed by atoms with Crippen molar-refractivity contribution in [1.29, 1.82) is 0 Å². The summed E-state index contributed by atoms with van der Waals surface area (Å²) >= 11 is 0. The molecule has 0 saturated heterocycles. The average molecular weight is 402 g/mol. The molecule has 0 heterocycles. The first-order valence-electron chi connectivity index (χ1n) is 8.70. The first-order valence-corrected chi connectivity index (χ1v) is 8.70. The van der Waals surface area contributed by atoms with Gasteiger partial charge in [-0.1, -0.05) is 76.8 Å². The minimum Gasteiger partial charge on any atom is -0.493 e. The van der Waals surface area contributed by atoms with Gasteiger partial charge < -0.3 is 9.84 Å². The fourth-order valence-corrected chi connectivity index (χ4v) is 2.54. The molecule has 0 aliphatic rings. The number of ether oxygens (including phenoxy) is 1. The molecule has 3 nitrogen and oxygen atoms in total. The van der Waals surface area contributed by atoms with Crippen LogP contribution in [-0.2, 0) is 21.1 Å². The summed E-state index contributed by atoms with van der Waals surface area (Å²) in [5.41, 5.74) is 0.245. The van der Waals surface area contributed by atoms with E-state index in [4.69, 9.17) is 9.84 Å². The van der Waals surface area contributed by atoms with Gasteiger partial charge in [0, 0.05) is 21.1 Å². The summed E-state index contributed by atoms with van der Waals surface area (Å²) in [6.45, 7) is 2.84. The molecule has 0 aromatic heterocycles. The first-order chi connectivity index (χ1) is 10.8. The van der Waals surface area contributed by atoms with Crippen LogP contribution in [0.1, 0.15) is 81.5 Å². The zero-order valence-electron chi connectivity index (χ0n) is 14.3. The van der Waals surface area contributed by atoms with Crippen molar-refractivity contribution in [3.8, 4) is 5.75 Å². The van der Waals surface area contributed by atoms with Crippen molar-refractivity contribution in [2.24, 2.45) is 0 Å². The molecule has 130 valence electrons. The van der Waals surface area contributed by atoms with Gasteiger partial charge in [0.15, 0.2) is 0 Å². The van der Waals surface area contributed by atoms with Crippen molar-refractivity contribution in [2.75, 3.05) is 6.61 Å². The zero-order chi connectivity index (χ0) is 16.0. The van der Waals surface area contributed by atoms with E-state index in [1.807, 2.05) is 0 Å². The predicted octanol–water partition coefficient (Wildman–Crippen LogP) is 5.68. The molecule has 0 saturated carbocycles. The van der Waals surface area contributed by atoms with Gasteiger partial charge in [0.2, 0.25) is 0 Å².